The molecule has 0 spiro atoms. The lowest BCUT2D eigenvalue weighted by atomic mass is 10.0. The van der Waals surface area contributed by atoms with Crippen LogP contribution in [-0.2, 0) is 0 Å². The van der Waals surface area contributed by atoms with Gasteiger partial charge in [0.2, 0.25) is 0 Å². The van der Waals surface area contributed by atoms with Gasteiger partial charge in [-0.05, 0) is 49.2 Å². The fraction of sp³-hybridized carbons (Fsp3) is 0.235. The summed E-state index contributed by atoms with van der Waals surface area (Å²) in [5, 5.41) is 0. The van der Waals surface area contributed by atoms with Crippen LogP contribution in [0.4, 0.5) is 0 Å². The van der Waals surface area contributed by atoms with Crippen molar-refractivity contribution in [1.29, 1.82) is 0 Å². The molecule has 0 unspecified atom stereocenters. The maximum atomic E-state index is 5.50. The van der Waals surface area contributed by atoms with Crippen molar-refractivity contribution in [1.82, 2.24) is 0 Å². The van der Waals surface area contributed by atoms with E-state index in [2.05, 4.69) is 18.6 Å². The standard InChI is InChI=1S/C17H19O2/c1-3-18-16-9-5-7-14(12-16)11-15-8-6-10-17(13-15)19-4-2/h5-13H,3-4H2,1-2H3. The number of hydrogen-bond donors (Lipinski definition) is 0. The van der Waals surface area contributed by atoms with Crippen LogP contribution in [0.2, 0.25) is 0 Å². The molecule has 0 aromatic heterocycles. The topological polar surface area (TPSA) is 18.5 Å². The molecular formula is C17H19O2. The molecule has 99 valence electrons. The second-order valence-corrected chi connectivity index (χ2v) is 4.16. The van der Waals surface area contributed by atoms with Crippen molar-refractivity contribution in [3.05, 3.63) is 66.1 Å². The van der Waals surface area contributed by atoms with Crippen molar-refractivity contribution in [3.8, 4) is 11.5 Å². The third-order valence-electron chi connectivity index (χ3n) is 2.67. The molecule has 0 aliphatic rings. The Morgan fingerprint density at radius 2 is 1.26 bits per heavy atom. The zero-order chi connectivity index (χ0) is 13.5. The van der Waals surface area contributed by atoms with E-state index in [0.717, 1.165) is 22.6 Å². The lowest BCUT2D eigenvalue weighted by Gasteiger charge is -2.08. The minimum Gasteiger partial charge on any atom is -0.494 e. The molecule has 2 rings (SSSR count). The monoisotopic (exact) mass is 255 g/mol. The summed E-state index contributed by atoms with van der Waals surface area (Å²) in [6.45, 7) is 5.34. The van der Waals surface area contributed by atoms with E-state index in [0.29, 0.717) is 13.2 Å². The Balaban J connectivity index is 2.11. The number of hydrogen-bond acceptors (Lipinski definition) is 2. The summed E-state index contributed by atoms with van der Waals surface area (Å²) in [5.74, 6) is 1.80. The van der Waals surface area contributed by atoms with Crippen molar-refractivity contribution in [2.45, 2.75) is 13.8 Å². The molecule has 0 fully saturated rings. The molecule has 2 heteroatoms. The number of benzene rings is 2. The predicted octanol–water partition coefficient (Wildman–Crippen LogP) is 4.08. The second kappa shape index (κ2) is 6.83. The third kappa shape index (κ3) is 4.02. The molecule has 2 nitrogen and oxygen atoms in total. The largest absolute Gasteiger partial charge is 0.494 e. The molecule has 0 aliphatic heterocycles. The summed E-state index contributed by atoms with van der Waals surface area (Å²) >= 11 is 0. The van der Waals surface area contributed by atoms with Gasteiger partial charge in [-0.15, -0.1) is 0 Å². The van der Waals surface area contributed by atoms with E-state index in [-0.39, 0.29) is 0 Å². The molecule has 0 saturated heterocycles. The highest BCUT2D eigenvalue weighted by Crippen LogP contribution is 2.20. The predicted molar refractivity (Wildman–Crippen MR) is 77.7 cm³/mol. The van der Waals surface area contributed by atoms with Crippen LogP contribution in [0.15, 0.2) is 48.5 Å². The van der Waals surface area contributed by atoms with E-state index in [1.807, 2.05) is 50.2 Å². The molecule has 0 amide bonds. The lowest BCUT2D eigenvalue weighted by molar-refractivity contribution is 0.340. The van der Waals surface area contributed by atoms with Gasteiger partial charge in [0.25, 0.3) is 0 Å². The molecule has 0 bridgehead atoms. The summed E-state index contributed by atoms with van der Waals surface area (Å²) in [4.78, 5) is 0. The molecule has 0 N–H and O–H groups in total. The highest BCUT2D eigenvalue weighted by atomic mass is 16.5. The van der Waals surface area contributed by atoms with Crippen LogP contribution >= 0.6 is 0 Å². The van der Waals surface area contributed by atoms with Crippen LogP contribution in [0.1, 0.15) is 25.0 Å². The Hall–Kier alpha value is -1.96. The molecule has 0 saturated carbocycles. The summed E-state index contributed by atoms with van der Waals surface area (Å²) in [7, 11) is 0. The Labute approximate surface area is 115 Å². The molecule has 1 radical (unpaired) electrons. The Morgan fingerprint density at radius 1 is 0.789 bits per heavy atom. The average Bonchev–Trinajstić information content (AvgIpc) is 2.40. The second-order valence-electron chi connectivity index (χ2n) is 4.16. The van der Waals surface area contributed by atoms with Crippen LogP contribution in [0.5, 0.6) is 11.5 Å². The van der Waals surface area contributed by atoms with Gasteiger partial charge >= 0.3 is 0 Å². The van der Waals surface area contributed by atoms with Crippen molar-refractivity contribution in [2.24, 2.45) is 0 Å². The Morgan fingerprint density at radius 3 is 1.68 bits per heavy atom. The van der Waals surface area contributed by atoms with E-state index in [9.17, 15) is 0 Å². The molecule has 0 atom stereocenters. The van der Waals surface area contributed by atoms with Gasteiger partial charge in [-0.25, -0.2) is 0 Å². The van der Waals surface area contributed by atoms with Gasteiger partial charge in [0.15, 0.2) is 0 Å². The van der Waals surface area contributed by atoms with Gasteiger partial charge in [0, 0.05) is 6.42 Å². The minimum atomic E-state index is 0.684. The van der Waals surface area contributed by atoms with E-state index < -0.39 is 0 Å². The number of rotatable bonds is 6. The molecular weight excluding hydrogens is 236 g/mol. The fourth-order valence-corrected chi connectivity index (χ4v) is 1.91. The minimum absolute atomic E-state index is 0.684. The zero-order valence-electron chi connectivity index (χ0n) is 11.4. The first-order valence-electron chi connectivity index (χ1n) is 6.62. The van der Waals surface area contributed by atoms with Crippen molar-refractivity contribution >= 4 is 0 Å². The summed E-state index contributed by atoms with van der Waals surface area (Å²) in [5.41, 5.74) is 2.25. The first-order chi connectivity index (χ1) is 9.31. The van der Waals surface area contributed by atoms with Gasteiger partial charge in [-0.3, -0.25) is 0 Å². The third-order valence-corrected chi connectivity index (χ3v) is 2.67. The average molecular weight is 255 g/mol. The summed E-state index contributed by atoms with van der Waals surface area (Å²) in [6.07, 6.45) is 2.12. The van der Waals surface area contributed by atoms with Gasteiger partial charge < -0.3 is 9.47 Å². The van der Waals surface area contributed by atoms with Crippen molar-refractivity contribution < 1.29 is 9.47 Å². The smallest absolute Gasteiger partial charge is 0.119 e. The van der Waals surface area contributed by atoms with Gasteiger partial charge in [0.05, 0.1) is 13.2 Å². The van der Waals surface area contributed by atoms with E-state index in [1.54, 1.807) is 0 Å². The van der Waals surface area contributed by atoms with Crippen molar-refractivity contribution in [2.75, 3.05) is 13.2 Å². The molecule has 2 aromatic carbocycles. The van der Waals surface area contributed by atoms with E-state index in [4.69, 9.17) is 9.47 Å². The summed E-state index contributed by atoms with van der Waals surface area (Å²) in [6, 6.07) is 16.2. The van der Waals surface area contributed by atoms with Crippen LogP contribution in [0.3, 0.4) is 0 Å². The molecule has 19 heavy (non-hydrogen) atoms. The maximum Gasteiger partial charge on any atom is 0.119 e. The first kappa shape index (κ1) is 13.5. The maximum absolute atomic E-state index is 5.50. The van der Waals surface area contributed by atoms with Crippen LogP contribution in [0.25, 0.3) is 0 Å². The quantitative estimate of drug-likeness (QED) is 0.774. The van der Waals surface area contributed by atoms with Crippen LogP contribution in [0, 0.1) is 6.42 Å². The van der Waals surface area contributed by atoms with Crippen LogP contribution in [-0.4, -0.2) is 13.2 Å². The normalized spacial score (nSPS) is 10.2. The van der Waals surface area contributed by atoms with Crippen LogP contribution < -0.4 is 9.47 Å². The lowest BCUT2D eigenvalue weighted by Crippen LogP contribution is -1.94. The van der Waals surface area contributed by atoms with Gasteiger partial charge in [0.1, 0.15) is 11.5 Å². The Bertz CT molecular complexity index is 473. The fourth-order valence-electron chi connectivity index (χ4n) is 1.91. The highest BCUT2D eigenvalue weighted by molar-refractivity contribution is 5.43. The molecule has 0 heterocycles. The van der Waals surface area contributed by atoms with Gasteiger partial charge in [-0.1, -0.05) is 24.3 Å². The van der Waals surface area contributed by atoms with E-state index in [1.165, 1.54) is 0 Å². The molecule has 2 aromatic rings. The molecule has 0 aliphatic carbocycles. The van der Waals surface area contributed by atoms with Crippen molar-refractivity contribution in [3.63, 3.8) is 0 Å². The first-order valence-corrected chi connectivity index (χ1v) is 6.62. The highest BCUT2D eigenvalue weighted by Gasteiger charge is 2.01. The Kier molecular flexibility index (Phi) is 4.85. The number of ether oxygens (including phenoxy) is 2. The van der Waals surface area contributed by atoms with E-state index >= 15 is 0 Å². The van der Waals surface area contributed by atoms with Gasteiger partial charge in [-0.2, -0.15) is 0 Å². The zero-order valence-corrected chi connectivity index (χ0v) is 11.4. The summed E-state index contributed by atoms with van der Waals surface area (Å²) < 4.78 is 11.0. The SMILES string of the molecule is CCOc1cccc([CH]c2cccc(OCC)c2)c1.